The smallest absolute Gasteiger partial charge is 0.328 e. The molecule has 0 spiro atoms. The number of carboxylic acids is 1. The van der Waals surface area contributed by atoms with Crippen LogP contribution in [0.4, 0.5) is 0 Å². The summed E-state index contributed by atoms with van der Waals surface area (Å²) in [5.41, 5.74) is -0.430. The number of carboxylic acid groups (broad SMARTS) is 1. The Morgan fingerprint density at radius 2 is 2.04 bits per heavy atom. The minimum absolute atomic E-state index is 0.237. The van der Waals surface area contributed by atoms with Crippen molar-refractivity contribution in [2.75, 3.05) is 6.54 Å². The van der Waals surface area contributed by atoms with E-state index in [0.717, 1.165) is 11.0 Å². The topological polar surface area (TPSA) is 112 Å². The van der Waals surface area contributed by atoms with Crippen molar-refractivity contribution in [1.29, 1.82) is 0 Å². The molecule has 2 heterocycles. The van der Waals surface area contributed by atoms with E-state index in [1.165, 1.54) is 23.1 Å². The standard InChI is InChI=1S/C18H21N3O5/c1-3-20-16(23)12-5-4-11(9-13(12)19-18(20)26)15(22)21-7-6-10(2)8-14(21)17(24)25/h4-5,9-10,14H,3,6-8H2,1-2H3,(H,19,26)(H,24,25). The van der Waals surface area contributed by atoms with Crippen LogP contribution < -0.4 is 11.2 Å². The Morgan fingerprint density at radius 3 is 2.69 bits per heavy atom. The molecule has 1 amide bonds. The molecule has 0 bridgehead atoms. The maximum atomic E-state index is 12.8. The second-order valence-electron chi connectivity index (χ2n) is 6.72. The van der Waals surface area contributed by atoms with Gasteiger partial charge in [0, 0.05) is 18.7 Å². The zero-order valence-electron chi connectivity index (χ0n) is 14.7. The highest BCUT2D eigenvalue weighted by Gasteiger charge is 2.35. The van der Waals surface area contributed by atoms with Gasteiger partial charge in [0.2, 0.25) is 0 Å². The van der Waals surface area contributed by atoms with Crippen molar-refractivity contribution in [3.8, 4) is 0 Å². The molecule has 0 aliphatic carbocycles. The van der Waals surface area contributed by atoms with Gasteiger partial charge in [-0.3, -0.25) is 14.2 Å². The Morgan fingerprint density at radius 1 is 1.31 bits per heavy atom. The maximum absolute atomic E-state index is 12.8. The Hall–Kier alpha value is -2.90. The minimum atomic E-state index is -1.02. The third-order valence-corrected chi connectivity index (χ3v) is 4.96. The first kappa shape index (κ1) is 17.9. The molecule has 1 fully saturated rings. The molecule has 1 saturated heterocycles. The molecule has 1 aromatic carbocycles. The number of nitrogens with one attached hydrogen (secondary N) is 1. The highest BCUT2D eigenvalue weighted by molar-refractivity contribution is 5.99. The first-order valence-electron chi connectivity index (χ1n) is 8.64. The fraction of sp³-hybridized carbons (Fsp3) is 0.444. The lowest BCUT2D eigenvalue weighted by Crippen LogP contribution is -2.49. The summed E-state index contributed by atoms with van der Waals surface area (Å²) >= 11 is 0. The van der Waals surface area contributed by atoms with Crippen LogP contribution in [-0.2, 0) is 11.3 Å². The van der Waals surface area contributed by atoms with Crippen LogP contribution >= 0.6 is 0 Å². The molecular weight excluding hydrogens is 338 g/mol. The van der Waals surface area contributed by atoms with Crippen molar-refractivity contribution < 1.29 is 14.7 Å². The molecule has 2 atom stereocenters. The van der Waals surface area contributed by atoms with Gasteiger partial charge in [-0.05, 0) is 43.9 Å². The largest absolute Gasteiger partial charge is 0.480 e. The number of hydrogen-bond acceptors (Lipinski definition) is 4. The van der Waals surface area contributed by atoms with Gasteiger partial charge in [-0.2, -0.15) is 0 Å². The molecule has 3 rings (SSSR count). The van der Waals surface area contributed by atoms with Crippen molar-refractivity contribution in [3.63, 3.8) is 0 Å². The average molecular weight is 359 g/mol. The summed E-state index contributed by atoms with van der Waals surface area (Å²) in [5.74, 6) is -1.20. The highest BCUT2D eigenvalue weighted by Crippen LogP contribution is 2.25. The van der Waals surface area contributed by atoms with Crippen molar-refractivity contribution in [2.45, 2.75) is 39.3 Å². The molecular formula is C18H21N3O5. The Labute approximate surface area is 149 Å². The molecule has 2 aromatic rings. The normalized spacial score (nSPS) is 20.3. The Bertz CT molecular complexity index is 990. The summed E-state index contributed by atoms with van der Waals surface area (Å²) in [4.78, 5) is 52.6. The fourth-order valence-electron chi connectivity index (χ4n) is 3.46. The van der Waals surface area contributed by atoms with E-state index >= 15 is 0 Å². The van der Waals surface area contributed by atoms with Gasteiger partial charge in [0.15, 0.2) is 0 Å². The van der Waals surface area contributed by atoms with Crippen molar-refractivity contribution in [2.24, 2.45) is 5.92 Å². The van der Waals surface area contributed by atoms with E-state index in [1.807, 2.05) is 6.92 Å². The summed E-state index contributed by atoms with van der Waals surface area (Å²) in [6, 6.07) is 3.57. The van der Waals surface area contributed by atoms with Gasteiger partial charge in [-0.25, -0.2) is 9.59 Å². The molecule has 138 valence electrons. The van der Waals surface area contributed by atoms with Crippen LogP contribution in [0.5, 0.6) is 0 Å². The molecule has 0 saturated carbocycles. The van der Waals surface area contributed by atoms with Gasteiger partial charge in [-0.1, -0.05) is 6.92 Å². The number of carbonyl (C=O) groups excluding carboxylic acids is 1. The van der Waals surface area contributed by atoms with Crippen LogP contribution in [0.15, 0.2) is 27.8 Å². The number of H-pyrrole nitrogens is 1. The van der Waals surface area contributed by atoms with Crippen LogP contribution in [0.2, 0.25) is 0 Å². The van der Waals surface area contributed by atoms with Crippen LogP contribution in [0, 0.1) is 5.92 Å². The van der Waals surface area contributed by atoms with Gasteiger partial charge >= 0.3 is 11.7 Å². The SMILES string of the molecule is CCn1c(=O)[nH]c2cc(C(=O)N3CCC(C)CC3C(=O)O)ccc2c1=O. The van der Waals surface area contributed by atoms with Gasteiger partial charge in [-0.15, -0.1) is 0 Å². The molecule has 2 unspecified atom stereocenters. The number of aliphatic carboxylic acids is 1. The van der Waals surface area contributed by atoms with Gasteiger partial charge < -0.3 is 15.0 Å². The Kier molecular flexibility index (Phi) is 4.67. The number of nitrogens with zero attached hydrogens (tertiary/aromatic N) is 2. The van der Waals surface area contributed by atoms with Gasteiger partial charge in [0.05, 0.1) is 10.9 Å². The van der Waals surface area contributed by atoms with E-state index in [2.05, 4.69) is 4.98 Å². The molecule has 1 aliphatic heterocycles. The number of likely N-dealkylation sites (tertiary alicyclic amines) is 1. The van der Waals surface area contributed by atoms with Crippen molar-refractivity contribution in [1.82, 2.24) is 14.5 Å². The van der Waals surface area contributed by atoms with E-state index in [4.69, 9.17) is 0 Å². The highest BCUT2D eigenvalue weighted by atomic mass is 16.4. The van der Waals surface area contributed by atoms with Crippen molar-refractivity contribution >= 4 is 22.8 Å². The monoisotopic (exact) mass is 359 g/mol. The van der Waals surface area contributed by atoms with E-state index in [0.29, 0.717) is 18.4 Å². The number of rotatable bonds is 3. The lowest BCUT2D eigenvalue weighted by atomic mass is 9.92. The molecule has 0 radical (unpaired) electrons. The second-order valence-corrected chi connectivity index (χ2v) is 6.72. The second kappa shape index (κ2) is 6.78. The van der Waals surface area contributed by atoms with E-state index in [-0.39, 0.29) is 23.5 Å². The summed E-state index contributed by atoms with van der Waals surface area (Å²) < 4.78 is 1.08. The number of amides is 1. The predicted octanol–water partition coefficient (Wildman–Crippen LogP) is 1.03. The number of aromatic nitrogens is 2. The average Bonchev–Trinajstić information content (AvgIpc) is 2.60. The lowest BCUT2D eigenvalue weighted by Gasteiger charge is -2.36. The zero-order valence-corrected chi connectivity index (χ0v) is 14.7. The minimum Gasteiger partial charge on any atom is -0.480 e. The molecule has 1 aliphatic rings. The van der Waals surface area contributed by atoms with E-state index < -0.39 is 29.2 Å². The van der Waals surface area contributed by atoms with Gasteiger partial charge in [0.25, 0.3) is 11.5 Å². The van der Waals surface area contributed by atoms with Crippen molar-refractivity contribution in [3.05, 3.63) is 44.6 Å². The number of carbonyl (C=O) groups is 2. The van der Waals surface area contributed by atoms with Crippen LogP contribution in [-0.4, -0.2) is 44.0 Å². The molecule has 2 N–H and O–H groups in total. The quantitative estimate of drug-likeness (QED) is 0.850. The zero-order chi connectivity index (χ0) is 19.0. The van der Waals surface area contributed by atoms with Crippen LogP contribution in [0.1, 0.15) is 37.0 Å². The molecule has 26 heavy (non-hydrogen) atoms. The lowest BCUT2D eigenvalue weighted by molar-refractivity contribution is -0.144. The molecule has 8 nitrogen and oxygen atoms in total. The number of piperidine rings is 1. The van der Waals surface area contributed by atoms with E-state index in [9.17, 15) is 24.3 Å². The number of hydrogen-bond donors (Lipinski definition) is 2. The third-order valence-electron chi connectivity index (χ3n) is 4.96. The first-order chi connectivity index (χ1) is 12.3. The Balaban J connectivity index is 2.02. The third kappa shape index (κ3) is 3.02. The number of aromatic amines is 1. The summed E-state index contributed by atoms with van der Waals surface area (Å²) in [6.45, 7) is 4.28. The summed E-state index contributed by atoms with van der Waals surface area (Å²) in [5, 5.41) is 9.75. The molecule has 8 heteroatoms. The first-order valence-corrected chi connectivity index (χ1v) is 8.64. The van der Waals surface area contributed by atoms with Gasteiger partial charge in [0.1, 0.15) is 6.04 Å². The maximum Gasteiger partial charge on any atom is 0.328 e. The van der Waals surface area contributed by atoms with E-state index in [1.54, 1.807) is 6.92 Å². The number of benzene rings is 1. The predicted molar refractivity (Wildman–Crippen MR) is 95.4 cm³/mol. The van der Waals surface area contributed by atoms with Crippen LogP contribution in [0.25, 0.3) is 10.9 Å². The fourth-order valence-corrected chi connectivity index (χ4v) is 3.46. The summed E-state index contributed by atoms with van der Waals surface area (Å²) in [7, 11) is 0. The van der Waals surface area contributed by atoms with Crippen LogP contribution in [0.3, 0.4) is 0 Å². The molecule has 1 aromatic heterocycles. The summed E-state index contributed by atoms with van der Waals surface area (Å²) in [6.07, 6.45) is 1.15. The number of fused-ring (bicyclic) bond motifs is 1.